The van der Waals surface area contributed by atoms with Crippen LogP contribution in [0.15, 0.2) is 71.8 Å². The summed E-state index contributed by atoms with van der Waals surface area (Å²) in [6.45, 7) is 0.931. The molecule has 1 N–H and O–H groups in total. The van der Waals surface area contributed by atoms with Gasteiger partial charge in [-0.3, -0.25) is 0 Å². The Kier molecular flexibility index (Phi) is 7.36. The molecule has 3 aromatic rings. The first kappa shape index (κ1) is 20.6. The fourth-order valence-corrected chi connectivity index (χ4v) is 2.94. The molecule has 29 heavy (non-hydrogen) atoms. The minimum Gasteiger partial charge on any atom is -0.496 e. The molecule has 0 spiro atoms. The fraction of sp³-hybridized carbons (Fsp3) is 0.174. The van der Waals surface area contributed by atoms with Crippen LogP contribution in [0.5, 0.6) is 17.2 Å². The first-order chi connectivity index (χ1) is 14.2. The zero-order valence-corrected chi connectivity index (χ0v) is 17.1. The molecular weight excluding hydrogens is 388 g/mol. The third kappa shape index (κ3) is 5.65. The van der Waals surface area contributed by atoms with Gasteiger partial charge in [0, 0.05) is 16.1 Å². The third-order valence-corrected chi connectivity index (χ3v) is 4.66. The molecule has 5 nitrogen and oxygen atoms in total. The SMILES string of the molecule is COc1ccccc1CN/N=C/c1ccc(OCc2ccccc2Cl)c(OC)c1. The van der Waals surface area contributed by atoms with Crippen LogP contribution in [-0.2, 0) is 13.2 Å². The van der Waals surface area contributed by atoms with E-state index in [0.29, 0.717) is 29.7 Å². The van der Waals surface area contributed by atoms with Crippen LogP contribution >= 0.6 is 11.6 Å². The first-order valence-electron chi connectivity index (χ1n) is 9.13. The Labute approximate surface area is 175 Å². The molecule has 0 saturated heterocycles. The van der Waals surface area contributed by atoms with E-state index in [1.807, 2.05) is 66.7 Å². The molecule has 3 rings (SSSR count). The number of para-hydroxylation sites is 1. The second-order valence-corrected chi connectivity index (χ2v) is 6.60. The number of ether oxygens (including phenoxy) is 3. The largest absolute Gasteiger partial charge is 0.496 e. The smallest absolute Gasteiger partial charge is 0.161 e. The molecule has 0 unspecified atom stereocenters. The van der Waals surface area contributed by atoms with Crippen molar-refractivity contribution in [2.45, 2.75) is 13.2 Å². The first-order valence-corrected chi connectivity index (χ1v) is 9.51. The Balaban J connectivity index is 1.60. The molecule has 0 bridgehead atoms. The Hall–Kier alpha value is -3.18. The maximum Gasteiger partial charge on any atom is 0.161 e. The number of hydrogen-bond donors (Lipinski definition) is 1. The normalized spacial score (nSPS) is 10.7. The molecule has 0 radical (unpaired) electrons. The summed E-state index contributed by atoms with van der Waals surface area (Å²) in [4.78, 5) is 0. The van der Waals surface area contributed by atoms with E-state index in [9.17, 15) is 0 Å². The summed E-state index contributed by atoms with van der Waals surface area (Å²) >= 11 is 6.18. The third-order valence-electron chi connectivity index (χ3n) is 4.30. The number of hydrazone groups is 1. The molecule has 150 valence electrons. The van der Waals surface area contributed by atoms with Crippen molar-refractivity contribution in [2.75, 3.05) is 14.2 Å². The quantitative estimate of drug-likeness (QED) is 0.395. The molecule has 0 atom stereocenters. The molecule has 0 aliphatic rings. The highest BCUT2D eigenvalue weighted by atomic mass is 35.5. The van der Waals surface area contributed by atoms with Crippen molar-refractivity contribution in [3.63, 3.8) is 0 Å². The van der Waals surface area contributed by atoms with Crippen molar-refractivity contribution in [3.05, 3.63) is 88.4 Å². The van der Waals surface area contributed by atoms with Crippen molar-refractivity contribution in [1.82, 2.24) is 5.43 Å². The van der Waals surface area contributed by atoms with Gasteiger partial charge >= 0.3 is 0 Å². The standard InChI is InChI=1S/C23H23ClN2O3/c1-27-21-10-6-4-7-18(21)15-26-25-14-17-11-12-22(23(13-17)28-2)29-16-19-8-3-5-9-20(19)24/h3-14,26H,15-16H2,1-2H3/b25-14+. The van der Waals surface area contributed by atoms with Crippen LogP contribution in [0.4, 0.5) is 0 Å². The van der Waals surface area contributed by atoms with Crippen molar-refractivity contribution in [2.24, 2.45) is 5.10 Å². The predicted molar refractivity (Wildman–Crippen MR) is 116 cm³/mol. The van der Waals surface area contributed by atoms with Crippen LogP contribution in [-0.4, -0.2) is 20.4 Å². The predicted octanol–water partition coefficient (Wildman–Crippen LogP) is 5.06. The highest BCUT2D eigenvalue weighted by Crippen LogP contribution is 2.29. The van der Waals surface area contributed by atoms with Crippen LogP contribution in [0.2, 0.25) is 5.02 Å². The number of nitrogens with one attached hydrogen (secondary N) is 1. The lowest BCUT2D eigenvalue weighted by molar-refractivity contribution is 0.284. The molecule has 0 saturated carbocycles. The summed E-state index contributed by atoms with van der Waals surface area (Å²) < 4.78 is 16.7. The molecule has 0 amide bonds. The topological polar surface area (TPSA) is 52.1 Å². The van der Waals surface area contributed by atoms with Gasteiger partial charge in [0.1, 0.15) is 12.4 Å². The zero-order chi connectivity index (χ0) is 20.5. The molecule has 0 aliphatic carbocycles. The van der Waals surface area contributed by atoms with Gasteiger partial charge in [-0.15, -0.1) is 0 Å². The molecule has 6 heteroatoms. The second kappa shape index (κ2) is 10.4. The monoisotopic (exact) mass is 410 g/mol. The maximum absolute atomic E-state index is 6.18. The van der Waals surface area contributed by atoms with E-state index in [1.165, 1.54) is 0 Å². The lowest BCUT2D eigenvalue weighted by Gasteiger charge is -2.12. The Bertz CT molecular complexity index is 976. The summed E-state index contributed by atoms with van der Waals surface area (Å²) in [5.41, 5.74) is 5.88. The average Bonchev–Trinajstić information content (AvgIpc) is 2.76. The van der Waals surface area contributed by atoms with Crippen molar-refractivity contribution < 1.29 is 14.2 Å². The highest BCUT2D eigenvalue weighted by molar-refractivity contribution is 6.31. The van der Waals surface area contributed by atoms with Crippen LogP contribution in [0, 0.1) is 0 Å². The molecular formula is C23H23ClN2O3. The fourth-order valence-electron chi connectivity index (χ4n) is 2.75. The van der Waals surface area contributed by atoms with E-state index in [-0.39, 0.29) is 0 Å². The van der Waals surface area contributed by atoms with E-state index < -0.39 is 0 Å². The summed E-state index contributed by atoms with van der Waals surface area (Å²) in [5.74, 6) is 2.11. The Morgan fingerprint density at radius 3 is 2.34 bits per heavy atom. The lowest BCUT2D eigenvalue weighted by Crippen LogP contribution is -2.07. The number of halogens is 1. The van der Waals surface area contributed by atoms with Gasteiger partial charge in [-0.1, -0.05) is 48.0 Å². The van der Waals surface area contributed by atoms with Gasteiger partial charge in [-0.05, 0) is 35.9 Å². The molecule has 3 aromatic carbocycles. The van der Waals surface area contributed by atoms with Gasteiger partial charge in [-0.2, -0.15) is 5.10 Å². The van der Waals surface area contributed by atoms with Gasteiger partial charge in [0.25, 0.3) is 0 Å². The minimum absolute atomic E-state index is 0.365. The van der Waals surface area contributed by atoms with Gasteiger partial charge in [-0.25, -0.2) is 0 Å². The second-order valence-electron chi connectivity index (χ2n) is 6.20. The minimum atomic E-state index is 0.365. The van der Waals surface area contributed by atoms with Crippen molar-refractivity contribution in [1.29, 1.82) is 0 Å². The number of hydrogen-bond acceptors (Lipinski definition) is 5. The van der Waals surface area contributed by atoms with E-state index in [1.54, 1.807) is 20.4 Å². The van der Waals surface area contributed by atoms with E-state index in [2.05, 4.69) is 10.5 Å². The van der Waals surface area contributed by atoms with Gasteiger partial charge in [0.05, 0.1) is 27.0 Å². The number of benzene rings is 3. The van der Waals surface area contributed by atoms with Gasteiger partial charge in [0.2, 0.25) is 0 Å². The van der Waals surface area contributed by atoms with Gasteiger partial charge in [0.15, 0.2) is 11.5 Å². The molecule has 0 aromatic heterocycles. The Morgan fingerprint density at radius 2 is 1.59 bits per heavy atom. The van der Waals surface area contributed by atoms with Crippen molar-refractivity contribution >= 4 is 17.8 Å². The zero-order valence-electron chi connectivity index (χ0n) is 16.4. The lowest BCUT2D eigenvalue weighted by atomic mass is 10.2. The van der Waals surface area contributed by atoms with Gasteiger partial charge < -0.3 is 19.6 Å². The molecule has 0 fully saturated rings. The number of nitrogens with zero attached hydrogens (tertiary/aromatic N) is 1. The van der Waals surface area contributed by atoms with E-state index >= 15 is 0 Å². The Morgan fingerprint density at radius 1 is 0.862 bits per heavy atom. The van der Waals surface area contributed by atoms with E-state index in [4.69, 9.17) is 25.8 Å². The van der Waals surface area contributed by atoms with Crippen LogP contribution in [0.25, 0.3) is 0 Å². The van der Waals surface area contributed by atoms with Crippen LogP contribution < -0.4 is 19.6 Å². The molecule has 0 heterocycles. The number of rotatable bonds is 9. The summed E-state index contributed by atoms with van der Waals surface area (Å²) in [6, 6.07) is 21.1. The van der Waals surface area contributed by atoms with E-state index in [0.717, 1.165) is 22.4 Å². The summed E-state index contributed by atoms with van der Waals surface area (Å²) in [5, 5.41) is 4.96. The van der Waals surface area contributed by atoms with Crippen LogP contribution in [0.3, 0.4) is 0 Å². The van der Waals surface area contributed by atoms with Crippen LogP contribution in [0.1, 0.15) is 16.7 Å². The summed E-state index contributed by atoms with van der Waals surface area (Å²) in [6.07, 6.45) is 1.73. The maximum atomic E-state index is 6.18. The molecule has 0 aliphatic heterocycles. The van der Waals surface area contributed by atoms with Crippen molar-refractivity contribution in [3.8, 4) is 17.2 Å². The summed E-state index contributed by atoms with van der Waals surface area (Å²) in [7, 11) is 3.27. The number of methoxy groups -OCH3 is 2. The average molecular weight is 411 g/mol. The highest BCUT2D eigenvalue weighted by Gasteiger charge is 2.07.